The van der Waals surface area contributed by atoms with Crippen molar-refractivity contribution in [3.8, 4) is 11.5 Å². The Hall–Kier alpha value is -4.73. The van der Waals surface area contributed by atoms with Gasteiger partial charge in [0.2, 0.25) is 0 Å². The van der Waals surface area contributed by atoms with E-state index in [-0.39, 0.29) is 48.0 Å². The summed E-state index contributed by atoms with van der Waals surface area (Å²) in [6, 6.07) is 12.0. The van der Waals surface area contributed by atoms with Crippen LogP contribution in [0.1, 0.15) is 56.0 Å². The number of ketones is 1. The van der Waals surface area contributed by atoms with E-state index < -0.39 is 48.4 Å². The molecule has 2 aromatic carbocycles. The molecule has 0 unspecified atom stereocenters. The molecule has 3 aromatic rings. The molecule has 3 heterocycles. The summed E-state index contributed by atoms with van der Waals surface area (Å²) >= 11 is 0. The molecule has 5 rings (SSSR count). The van der Waals surface area contributed by atoms with E-state index in [2.05, 4.69) is 19.8 Å². The summed E-state index contributed by atoms with van der Waals surface area (Å²) in [7, 11) is 0. The van der Waals surface area contributed by atoms with Crippen molar-refractivity contribution in [1.82, 2.24) is 20.1 Å². The van der Waals surface area contributed by atoms with Crippen molar-refractivity contribution in [1.29, 1.82) is 0 Å². The number of nitrogens with one attached hydrogen (secondary N) is 1. The van der Waals surface area contributed by atoms with Crippen molar-refractivity contribution in [3.63, 3.8) is 0 Å². The van der Waals surface area contributed by atoms with Crippen LogP contribution in [0.25, 0.3) is 0 Å². The molecule has 49 heavy (non-hydrogen) atoms. The third-order valence-electron chi connectivity index (χ3n) is 8.28. The van der Waals surface area contributed by atoms with Crippen molar-refractivity contribution < 1.29 is 54.6 Å². The van der Waals surface area contributed by atoms with Crippen LogP contribution in [0.3, 0.4) is 0 Å². The van der Waals surface area contributed by atoms with Gasteiger partial charge in [0, 0.05) is 50.4 Å². The fourth-order valence-corrected chi connectivity index (χ4v) is 5.80. The number of halogens is 7. The van der Waals surface area contributed by atoms with Gasteiger partial charge in [-0.3, -0.25) is 24.3 Å². The summed E-state index contributed by atoms with van der Waals surface area (Å²) in [5.41, 5.74) is 1.13. The van der Waals surface area contributed by atoms with E-state index in [1.807, 2.05) is 0 Å². The Kier molecular flexibility index (Phi) is 10.7. The number of likely N-dealkylation sites (tertiary alicyclic amines) is 2. The number of hydrogen-bond acceptors (Lipinski definition) is 7. The molecule has 0 bridgehead atoms. The molecule has 262 valence electrons. The molecule has 1 N–H and O–H groups in total. The maximum absolute atomic E-state index is 15.0. The van der Waals surface area contributed by atoms with Crippen LogP contribution in [-0.4, -0.2) is 83.5 Å². The van der Waals surface area contributed by atoms with Crippen LogP contribution in [0, 0.1) is 5.92 Å². The molecule has 0 spiro atoms. The van der Waals surface area contributed by atoms with E-state index in [1.54, 1.807) is 4.90 Å². The third kappa shape index (κ3) is 9.90. The smallest absolute Gasteiger partial charge is 0.406 e. The van der Waals surface area contributed by atoms with Crippen LogP contribution in [-0.2, 0) is 6.54 Å². The van der Waals surface area contributed by atoms with Gasteiger partial charge in [0.15, 0.2) is 5.78 Å². The van der Waals surface area contributed by atoms with Gasteiger partial charge in [0.1, 0.15) is 23.4 Å². The number of alkyl halides is 7. The number of pyridine rings is 1. The number of Topliss-reactive ketones (excluding diaryl/α,β-unsaturated/α-hetero) is 1. The topological polar surface area (TPSA) is 101 Å². The lowest BCUT2D eigenvalue weighted by Gasteiger charge is -2.35. The van der Waals surface area contributed by atoms with Crippen LogP contribution < -0.4 is 14.8 Å². The highest BCUT2D eigenvalue weighted by Crippen LogP contribution is 2.27. The zero-order valence-electron chi connectivity index (χ0n) is 25.8. The lowest BCUT2D eigenvalue weighted by molar-refractivity contribution is -0.275. The van der Waals surface area contributed by atoms with Gasteiger partial charge in [-0.2, -0.15) is 0 Å². The highest BCUT2D eigenvalue weighted by Gasteiger charge is 2.34. The zero-order valence-corrected chi connectivity index (χ0v) is 25.8. The van der Waals surface area contributed by atoms with E-state index in [4.69, 9.17) is 0 Å². The van der Waals surface area contributed by atoms with Gasteiger partial charge in [0.05, 0.1) is 11.6 Å². The van der Waals surface area contributed by atoms with Crippen LogP contribution >= 0.6 is 0 Å². The Bertz CT molecular complexity index is 1610. The van der Waals surface area contributed by atoms with Crippen LogP contribution in [0.5, 0.6) is 11.5 Å². The maximum Gasteiger partial charge on any atom is 0.573 e. The summed E-state index contributed by atoms with van der Waals surface area (Å²) < 4.78 is 97.0. The molecule has 1 aromatic heterocycles. The van der Waals surface area contributed by atoms with Gasteiger partial charge in [-0.15, -0.1) is 26.3 Å². The molecule has 2 saturated heterocycles. The second kappa shape index (κ2) is 14.8. The number of rotatable bonds is 9. The molecule has 0 radical (unpaired) electrons. The number of aromatic nitrogens is 1. The van der Waals surface area contributed by atoms with Crippen molar-refractivity contribution in [3.05, 3.63) is 89.2 Å². The highest BCUT2D eigenvalue weighted by atomic mass is 19.4. The molecule has 16 heteroatoms. The van der Waals surface area contributed by atoms with E-state index in [0.29, 0.717) is 37.9 Å². The predicted molar refractivity (Wildman–Crippen MR) is 159 cm³/mol. The summed E-state index contributed by atoms with van der Waals surface area (Å²) in [5, 5.41) is 2.66. The minimum absolute atomic E-state index is 0.00290. The number of hydrogen-bond donors (Lipinski definition) is 1. The molecule has 2 aliphatic heterocycles. The first kappa shape index (κ1) is 35.6. The fraction of sp³-hybridized carbons (Fsp3) is 0.394. The molecular formula is C33H31F7N4O5. The second-order valence-electron chi connectivity index (χ2n) is 11.7. The predicted octanol–water partition coefficient (Wildman–Crippen LogP) is 5.96. The molecule has 2 atom stereocenters. The monoisotopic (exact) mass is 696 g/mol. The number of carbonyl (C=O) groups is 3. The van der Waals surface area contributed by atoms with Gasteiger partial charge in [-0.05, 0) is 73.4 Å². The first-order valence-corrected chi connectivity index (χ1v) is 15.3. The lowest BCUT2D eigenvalue weighted by Crippen LogP contribution is -2.52. The molecule has 2 amide bonds. The normalized spacial score (nSPS) is 19.3. The Balaban J connectivity index is 1.06. The second-order valence-corrected chi connectivity index (χ2v) is 11.7. The van der Waals surface area contributed by atoms with Crippen molar-refractivity contribution in [2.45, 2.75) is 50.7 Å². The zero-order chi connectivity index (χ0) is 35.3. The van der Waals surface area contributed by atoms with Gasteiger partial charge < -0.3 is 19.7 Å². The molecule has 2 fully saturated rings. The molecule has 0 aliphatic carbocycles. The Morgan fingerprint density at radius 1 is 0.776 bits per heavy atom. The quantitative estimate of drug-likeness (QED) is 0.218. The number of piperidine rings is 2. The average Bonchev–Trinajstić information content (AvgIpc) is 3.05. The van der Waals surface area contributed by atoms with Crippen LogP contribution in [0.2, 0.25) is 0 Å². The Morgan fingerprint density at radius 3 is 1.88 bits per heavy atom. The number of nitrogens with zero attached hydrogens (tertiary/aromatic N) is 3. The molecule has 9 nitrogen and oxygen atoms in total. The largest absolute Gasteiger partial charge is 0.573 e. The van der Waals surface area contributed by atoms with Crippen LogP contribution in [0.4, 0.5) is 30.7 Å². The number of benzene rings is 2. The number of carbonyl (C=O) groups excluding carboxylic acids is 3. The highest BCUT2D eigenvalue weighted by molar-refractivity contribution is 5.99. The van der Waals surface area contributed by atoms with Crippen molar-refractivity contribution >= 4 is 17.6 Å². The van der Waals surface area contributed by atoms with Crippen molar-refractivity contribution in [2.75, 3.05) is 26.2 Å². The number of ether oxygens (including phenoxy) is 2. The van der Waals surface area contributed by atoms with E-state index in [9.17, 15) is 40.7 Å². The van der Waals surface area contributed by atoms with Gasteiger partial charge >= 0.3 is 12.7 Å². The van der Waals surface area contributed by atoms with Crippen molar-refractivity contribution in [2.24, 2.45) is 5.92 Å². The molecular weight excluding hydrogens is 665 g/mol. The lowest BCUT2D eigenvalue weighted by atomic mass is 9.88. The summed E-state index contributed by atoms with van der Waals surface area (Å²) in [5.74, 6) is -2.41. The minimum Gasteiger partial charge on any atom is -0.406 e. The standard InChI is InChI=1S/C33H31F7N4O5/c34-26-19-43(18-20-1-6-24(7-2-20)48-32(35,36)37)14-13-27(26)42-30(46)23-5-10-28(41-17-23)31(47)44-15-11-22(12-16-44)29(45)21-3-8-25(9-4-21)49-33(38,39)40/h1-10,17,22,26-27H,11-16,18-19H2,(H,42,46)/t26-,27-/m1/s1. The first-order valence-electron chi connectivity index (χ1n) is 15.3. The molecule has 2 aliphatic rings. The SMILES string of the molecule is O=C(N[C@@H]1CCN(Cc2ccc(OC(F)(F)F)cc2)C[C@H]1F)c1ccc(C(=O)N2CCC(C(=O)c3ccc(OC(F)(F)F)cc3)CC2)nc1. The van der Waals surface area contributed by atoms with Crippen LogP contribution in [0.15, 0.2) is 66.9 Å². The summed E-state index contributed by atoms with van der Waals surface area (Å²) in [4.78, 5) is 46.2. The van der Waals surface area contributed by atoms with E-state index in [1.165, 1.54) is 59.6 Å². The third-order valence-corrected chi connectivity index (χ3v) is 8.28. The van der Waals surface area contributed by atoms with Gasteiger partial charge in [-0.1, -0.05) is 12.1 Å². The molecule has 0 saturated carbocycles. The number of amides is 2. The fourth-order valence-electron chi connectivity index (χ4n) is 5.80. The Labute approximate surface area is 276 Å². The van der Waals surface area contributed by atoms with E-state index >= 15 is 4.39 Å². The summed E-state index contributed by atoms with van der Waals surface area (Å²) in [6.07, 6.45) is -8.83. The average molecular weight is 697 g/mol. The van der Waals surface area contributed by atoms with Gasteiger partial charge in [0.25, 0.3) is 11.8 Å². The minimum atomic E-state index is -4.84. The van der Waals surface area contributed by atoms with E-state index in [0.717, 1.165) is 12.1 Å². The summed E-state index contributed by atoms with van der Waals surface area (Å²) in [6.45, 7) is 1.25. The Morgan fingerprint density at radius 2 is 1.35 bits per heavy atom. The van der Waals surface area contributed by atoms with Gasteiger partial charge in [-0.25, -0.2) is 4.39 Å². The maximum atomic E-state index is 15.0. The first-order chi connectivity index (χ1) is 23.1.